The second-order valence-corrected chi connectivity index (χ2v) is 6.88. The van der Waals surface area contributed by atoms with Gasteiger partial charge in [-0.25, -0.2) is 0 Å². The molecule has 4 nitrogen and oxygen atoms in total. The van der Waals surface area contributed by atoms with Gasteiger partial charge in [-0.05, 0) is 63.7 Å². The highest BCUT2D eigenvalue weighted by molar-refractivity contribution is 7.10. The van der Waals surface area contributed by atoms with Crippen LogP contribution < -0.4 is 10.1 Å². The number of hydrogen-bond donors (Lipinski definition) is 1. The minimum absolute atomic E-state index is 0.0653. The summed E-state index contributed by atoms with van der Waals surface area (Å²) in [4.78, 5) is 15.7. The summed E-state index contributed by atoms with van der Waals surface area (Å²) in [6, 6.07) is 11.6. The van der Waals surface area contributed by atoms with Crippen LogP contribution in [-0.4, -0.2) is 37.6 Å². The summed E-state index contributed by atoms with van der Waals surface area (Å²) in [5.41, 5.74) is 0.643. The van der Waals surface area contributed by atoms with Gasteiger partial charge in [0.25, 0.3) is 5.91 Å². The topological polar surface area (TPSA) is 41.6 Å². The predicted molar refractivity (Wildman–Crippen MR) is 95.3 cm³/mol. The molecular formula is C18H24N2O2S. The van der Waals surface area contributed by atoms with E-state index in [4.69, 9.17) is 4.74 Å². The Morgan fingerprint density at radius 2 is 1.91 bits per heavy atom. The van der Waals surface area contributed by atoms with E-state index in [-0.39, 0.29) is 18.1 Å². The minimum atomic E-state index is -0.0653. The Labute approximate surface area is 142 Å². The molecule has 1 amide bonds. The number of benzene rings is 1. The van der Waals surface area contributed by atoms with Gasteiger partial charge in [-0.2, -0.15) is 0 Å². The highest BCUT2D eigenvalue weighted by atomic mass is 32.1. The van der Waals surface area contributed by atoms with Crippen LogP contribution in [0.4, 0.5) is 0 Å². The van der Waals surface area contributed by atoms with Crippen LogP contribution in [0, 0.1) is 0 Å². The van der Waals surface area contributed by atoms with E-state index >= 15 is 0 Å². The molecule has 0 spiro atoms. The number of amides is 1. The minimum Gasteiger partial charge on any atom is -0.491 e. The lowest BCUT2D eigenvalue weighted by molar-refractivity contribution is 0.0942. The molecule has 0 aliphatic heterocycles. The molecule has 0 aliphatic carbocycles. The van der Waals surface area contributed by atoms with Crippen LogP contribution in [0.15, 0.2) is 41.8 Å². The van der Waals surface area contributed by atoms with Gasteiger partial charge in [0, 0.05) is 17.0 Å². The summed E-state index contributed by atoms with van der Waals surface area (Å²) in [5.74, 6) is 0.714. The molecule has 0 saturated carbocycles. The maximum atomic E-state index is 12.3. The highest BCUT2D eigenvalue weighted by Crippen LogP contribution is 2.22. The maximum Gasteiger partial charge on any atom is 0.251 e. The number of likely N-dealkylation sites (N-methyl/N-ethyl adjacent to an activating group) is 1. The number of nitrogens with zero attached hydrogens (tertiary/aromatic N) is 1. The Bertz CT molecular complexity index is 606. The zero-order chi connectivity index (χ0) is 16.8. The fourth-order valence-electron chi connectivity index (χ4n) is 2.27. The molecule has 1 aromatic heterocycles. The molecule has 1 atom stereocenters. The SMILES string of the molecule is CC(C)Oc1ccc(C(=O)NC[C@@H](c2cccs2)N(C)C)cc1. The molecule has 23 heavy (non-hydrogen) atoms. The van der Waals surface area contributed by atoms with E-state index in [1.165, 1.54) is 4.88 Å². The molecule has 0 radical (unpaired) electrons. The zero-order valence-corrected chi connectivity index (χ0v) is 14.9. The average Bonchev–Trinajstić information content (AvgIpc) is 3.01. The second-order valence-electron chi connectivity index (χ2n) is 5.90. The number of carbonyl (C=O) groups excluding carboxylic acids is 1. The molecule has 1 heterocycles. The van der Waals surface area contributed by atoms with Crippen LogP contribution in [0.1, 0.15) is 35.1 Å². The third kappa shape index (κ3) is 5.08. The van der Waals surface area contributed by atoms with Crippen molar-refractivity contribution in [2.45, 2.75) is 26.0 Å². The Balaban J connectivity index is 1.95. The van der Waals surface area contributed by atoms with E-state index < -0.39 is 0 Å². The summed E-state index contributed by atoms with van der Waals surface area (Å²) in [7, 11) is 4.04. The molecule has 0 saturated heterocycles. The van der Waals surface area contributed by atoms with Crippen molar-refractivity contribution < 1.29 is 9.53 Å². The first-order valence-electron chi connectivity index (χ1n) is 7.72. The third-order valence-corrected chi connectivity index (χ3v) is 4.41. The summed E-state index contributed by atoms with van der Waals surface area (Å²) in [6.45, 7) is 4.54. The predicted octanol–water partition coefficient (Wildman–Crippen LogP) is 3.57. The number of ether oxygens (including phenoxy) is 1. The van der Waals surface area contributed by atoms with Crippen molar-refractivity contribution >= 4 is 17.2 Å². The Morgan fingerprint density at radius 1 is 1.22 bits per heavy atom. The van der Waals surface area contributed by atoms with E-state index in [1.54, 1.807) is 23.5 Å². The van der Waals surface area contributed by atoms with Gasteiger partial charge in [0.2, 0.25) is 0 Å². The van der Waals surface area contributed by atoms with Gasteiger partial charge in [-0.1, -0.05) is 6.07 Å². The van der Waals surface area contributed by atoms with Gasteiger partial charge in [-0.15, -0.1) is 11.3 Å². The first-order chi connectivity index (χ1) is 11.0. The number of rotatable bonds is 7. The van der Waals surface area contributed by atoms with Gasteiger partial charge < -0.3 is 15.0 Å². The quantitative estimate of drug-likeness (QED) is 0.843. The molecule has 1 aromatic carbocycles. The second kappa shape index (κ2) is 8.13. The van der Waals surface area contributed by atoms with Crippen LogP contribution in [0.5, 0.6) is 5.75 Å². The summed E-state index contributed by atoms with van der Waals surface area (Å²) < 4.78 is 5.59. The Hall–Kier alpha value is -1.85. The lowest BCUT2D eigenvalue weighted by atomic mass is 10.2. The molecule has 0 aliphatic rings. The Morgan fingerprint density at radius 3 is 2.43 bits per heavy atom. The number of carbonyl (C=O) groups is 1. The monoisotopic (exact) mass is 332 g/mol. The summed E-state index contributed by atoms with van der Waals surface area (Å²) in [6.07, 6.45) is 0.126. The summed E-state index contributed by atoms with van der Waals surface area (Å²) in [5, 5.41) is 5.07. The van der Waals surface area contributed by atoms with E-state index in [0.717, 1.165) is 5.75 Å². The molecule has 2 aromatic rings. The molecule has 2 rings (SSSR count). The lowest BCUT2D eigenvalue weighted by Gasteiger charge is -2.23. The molecule has 1 N–H and O–H groups in total. The van der Waals surface area contributed by atoms with Crippen molar-refractivity contribution in [3.63, 3.8) is 0 Å². The zero-order valence-electron chi connectivity index (χ0n) is 14.1. The van der Waals surface area contributed by atoms with Crippen LogP contribution >= 0.6 is 11.3 Å². The fourth-order valence-corrected chi connectivity index (χ4v) is 3.19. The van der Waals surface area contributed by atoms with E-state index in [9.17, 15) is 4.79 Å². The maximum absolute atomic E-state index is 12.3. The van der Waals surface area contributed by atoms with Crippen molar-refractivity contribution in [2.24, 2.45) is 0 Å². The van der Waals surface area contributed by atoms with Crippen molar-refractivity contribution in [3.05, 3.63) is 52.2 Å². The van der Waals surface area contributed by atoms with E-state index in [0.29, 0.717) is 12.1 Å². The smallest absolute Gasteiger partial charge is 0.251 e. The summed E-state index contributed by atoms with van der Waals surface area (Å²) >= 11 is 1.70. The van der Waals surface area contributed by atoms with Gasteiger partial charge in [0.05, 0.1) is 12.1 Å². The number of hydrogen-bond acceptors (Lipinski definition) is 4. The van der Waals surface area contributed by atoms with Gasteiger partial charge >= 0.3 is 0 Å². The van der Waals surface area contributed by atoms with E-state index in [1.807, 2.05) is 46.1 Å². The molecular weight excluding hydrogens is 308 g/mol. The molecule has 0 bridgehead atoms. The van der Waals surface area contributed by atoms with Crippen LogP contribution in [0.25, 0.3) is 0 Å². The normalized spacial score (nSPS) is 12.4. The standard InChI is InChI=1S/C18H24N2O2S/c1-13(2)22-15-9-7-14(8-10-15)18(21)19-12-16(20(3)4)17-6-5-11-23-17/h5-11,13,16H,12H2,1-4H3,(H,19,21)/t16-/m0/s1. The van der Waals surface area contributed by atoms with Gasteiger partial charge in [0.15, 0.2) is 0 Å². The highest BCUT2D eigenvalue weighted by Gasteiger charge is 2.16. The fraction of sp³-hybridized carbons (Fsp3) is 0.389. The van der Waals surface area contributed by atoms with Crippen molar-refractivity contribution in [2.75, 3.05) is 20.6 Å². The third-order valence-electron chi connectivity index (χ3n) is 3.44. The van der Waals surface area contributed by atoms with Gasteiger partial charge in [0.1, 0.15) is 5.75 Å². The van der Waals surface area contributed by atoms with E-state index in [2.05, 4.69) is 21.7 Å². The largest absolute Gasteiger partial charge is 0.491 e. The lowest BCUT2D eigenvalue weighted by Crippen LogP contribution is -2.34. The van der Waals surface area contributed by atoms with Crippen molar-refractivity contribution in [1.29, 1.82) is 0 Å². The van der Waals surface area contributed by atoms with Crippen LogP contribution in [0.2, 0.25) is 0 Å². The average molecular weight is 332 g/mol. The number of nitrogens with one attached hydrogen (secondary N) is 1. The van der Waals surface area contributed by atoms with Crippen molar-refractivity contribution in [3.8, 4) is 5.75 Å². The molecule has 0 unspecified atom stereocenters. The van der Waals surface area contributed by atoms with Crippen molar-refractivity contribution in [1.82, 2.24) is 10.2 Å². The number of thiophene rings is 1. The molecule has 0 fully saturated rings. The molecule has 5 heteroatoms. The van der Waals surface area contributed by atoms with Crippen LogP contribution in [-0.2, 0) is 0 Å². The first kappa shape index (κ1) is 17.5. The Kier molecular flexibility index (Phi) is 6.19. The first-order valence-corrected chi connectivity index (χ1v) is 8.60. The molecule has 124 valence electrons. The van der Waals surface area contributed by atoms with Crippen LogP contribution in [0.3, 0.4) is 0 Å². The van der Waals surface area contributed by atoms with Gasteiger partial charge in [-0.3, -0.25) is 4.79 Å².